The smallest absolute Gasteiger partial charge is 0.175 e. The largest absolute Gasteiger partial charge is 0.351 e. The second-order valence-electron chi connectivity index (χ2n) is 3.68. The zero-order valence-electron chi connectivity index (χ0n) is 8.71. The Hall–Kier alpha value is -0.120. The first kappa shape index (κ1) is 11.0. The minimum Gasteiger partial charge on any atom is -0.351 e. The Labute approximate surface area is 80.6 Å². The monoisotopic (exact) mass is 187 g/mol. The summed E-state index contributed by atoms with van der Waals surface area (Å²) in [5.74, 6) is 0. The molecule has 1 rings (SSSR count). The Bertz CT molecular complexity index is 138. The molecule has 0 amide bonds. The van der Waals surface area contributed by atoms with Crippen LogP contribution in [0, 0.1) is 0 Å². The van der Waals surface area contributed by atoms with Gasteiger partial charge in [0.2, 0.25) is 0 Å². The molecule has 2 N–H and O–H groups in total. The van der Waals surface area contributed by atoms with Gasteiger partial charge in [-0.05, 0) is 26.7 Å². The third-order valence-electron chi connectivity index (χ3n) is 2.64. The lowest BCUT2D eigenvalue weighted by Crippen LogP contribution is -2.51. The molecule has 1 saturated carbocycles. The molecule has 0 heterocycles. The average molecular weight is 187 g/mol. The van der Waals surface area contributed by atoms with Crippen LogP contribution < -0.4 is 5.73 Å². The minimum atomic E-state index is -0.230. The first-order chi connectivity index (χ1) is 6.23. The topological polar surface area (TPSA) is 44.5 Å². The number of ether oxygens (including phenoxy) is 2. The summed E-state index contributed by atoms with van der Waals surface area (Å²) < 4.78 is 11.0. The molecule has 0 aliphatic heterocycles. The molecule has 0 radical (unpaired) electrons. The predicted octanol–water partition coefficient (Wildman–Crippen LogP) is 1.66. The van der Waals surface area contributed by atoms with Crippen LogP contribution in [0.3, 0.4) is 0 Å². The number of hydrogen-bond acceptors (Lipinski definition) is 3. The highest BCUT2D eigenvalue weighted by molar-refractivity contribution is 4.92. The van der Waals surface area contributed by atoms with Gasteiger partial charge in [0.1, 0.15) is 0 Å². The van der Waals surface area contributed by atoms with Crippen LogP contribution in [0.2, 0.25) is 0 Å². The van der Waals surface area contributed by atoms with E-state index in [2.05, 4.69) is 0 Å². The van der Waals surface area contributed by atoms with Gasteiger partial charge >= 0.3 is 0 Å². The first-order valence-electron chi connectivity index (χ1n) is 5.25. The van der Waals surface area contributed by atoms with E-state index >= 15 is 0 Å². The minimum absolute atomic E-state index is 0.204. The van der Waals surface area contributed by atoms with E-state index in [1.54, 1.807) is 0 Å². The van der Waals surface area contributed by atoms with Crippen molar-refractivity contribution in [2.24, 2.45) is 5.73 Å². The summed E-state index contributed by atoms with van der Waals surface area (Å²) >= 11 is 0. The quantitative estimate of drug-likeness (QED) is 0.666. The van der Waals surface area contributed by atoms with E-state index in [0.29, 0.717) is 13.2 Å². The van der Waals surface area contributed by atoms with E-state index in [1.165, 1.54) is 12.8 Å². The van der Waals surface area contributed by atoms with Gasteiger partial charge in [-0.2, -0.15) is 0 Å². The maximum atomic E-state index is 6.23. The second-order valence-corrected chi connectivity index (χ2v) is 3.68. The molecular weight excluding hydrogens is 166 g/mol. The molecule has 0 unspecified atom stereocenters. The Balaban J connectivity index is 2.50. The maximum absolute atomic E-state index is 6.23. The molecule has 78 valence electrons. The van der Waals surface area contributed by atoms with Gasteiger partial charge in [0.05, 0.1) is 5.54 Å². The van der Waals surface area contributed by atoms with Gasteiger partial charge < -0.3 is 15.2 Å². The summed E-state index contributed by atoms with van der Waals surface area (Å²) in [6, 6.07) is 0. The van der Waals surface area contributed by atoms with Crippen molar-refractivity contribution in [2.75, 3.05) is 13.2 Å². The van der Waals surface area contributed by atoms with E-state index in [1.807, 2.05) is 13.8 Å². The van der Waals surface area contributed by atoms with E-state index in [9.17, 15) is 0 Å². The molecule has 0 aromatic carbocycles. The standard InChI is InChI=1S/C10H21NO2/c1-3-12-9(13-4-2)10(11)7-5-6-8-10/h9H,3-8,11H2,1-2H3. The highest BCUT2D eigenvalue weighted by Crippen LogP contribution is 2.32. The van der Waals surface area contributed by atoms with Crippen LogP contribution >= 0.6 is 0 Å². The summed E-state index contributed by atoms with van der Waals surface area (Å²) in [5, 5.41) is 0. The van der Waals surface area contributed by atoms with Crippen molar-refractivity contribution in [3.63, 3.8) is 0 Å². The van der Waals surface area contributed by atoms with Crippen LogP contribution in [0.4, 0.5) is 0 Å². The molecule has 1 fully saturated rings. The molecule has 0 atom stereocenters. The summed E-state index contributed by atoms with van der Waals surface area (Å²) in [6.45, 7) is 5.29. The third-order valence-corrected chi connectivity index (χ3v) is 2.64. The van der Waals surface area contributed by atoms with Crippen molar-refractivity contribution in [1.82, 2.24) is 0 Å². The van der Waals surface area contributed by atoms with E-state index in [0.717, 1.165) is 12.8 Å². The lowest BCUT2D eigenvalue weighted by molar-refractivity contribution is -0.173. The van der Waals surface area contributed by atoms with Crippen molar-refractivity contribution in [1.29, 1.82) is 0 Å². The number of nitrogens with two attached hydrogens (primary N) is 1. The van der Waals surface area contributed by atoms with Gasteiger partial charge in [0.25, 0.3) is 0 Å². The second kappa shape index (κ2) is 4.94. The molecule has 0 aromatic rings. The van der Waals surface area contributed by atoms with Gasteiger partial charge in [-0.3, -0.25) is 0 Å². The van der Waals surface area contributed by atoms with Crippen LogP contribution in [0.5, 0.6) is 0 Å². The van der Waals surface area contributed by atoms with Crippen LogP contribution in [0.25, 0.3) is 0 Å². The molecule has 0 aromatic heterocycles. The van der Waals surface area contributed by atoms with Gasteiger partial charge in [-0.1, -0.05) is 12.8 Å². The number of rotatable bonds is 5. The van der Waals surface area contributed by atoms with Crippen LogP contribution in [-0.2, 0) is 9.47 Å². The maximum Gasteiger partial charge on any atom is 0.175 e. The first-order valence-corrected chi connectivity index (χ1v) is 5.25. The Morgan fingerprint density at radius 1 is 1.15 bits per heavy atom. The van der Waals surface area contributed by atoms with Gasteiger partial charge in [0, 0.05) is 13.2 Å². The van der Waals surface area contributed by atoms with E-state index in [4.69, 9.17) is 15.2 Å². The summed E-state index contributed by atoms with van der Waals surface area (Å²) in [6.07, 6.45) is 4.25. The molecule has 13 heavy (non-hydrogen) atoms. The molecular formula is C10H21NO2. The fourth-order valence-corrected chi connectivity index (χ4v) is 1.95. The third kappa shape index (κ3) is 2.66. The predicted molar refractivity (Wildman–Crippen MR) is 52.4 cm³/mol. The lowest BCUT2D eigenvalue weighted by atomic mass is 9.98. The highest BCUT2D eigenvalue weighted by atomic mass is 16.7. The van der Waals surface area contributed by atoms with Crippen molar-refractivity contribution < 1.29 is 9.47 Å². The van der Waals surface area contributed by atoms with E-state index < -0.39 is 0 Å². The average Bonchev–Trinajstić information content (AvgIpc) is 2.53. The van der Waals surface area contributed by atoms with Crippen molar-refractivity contribution in [3.8, 4) is 0 Å². The van der Waals surface area contributed by atoms with Crippen LogP contribution in [0.15, 0.2) is 0 Å². The normalized spacial score (nSPS) is 21.2. The molecule has 1 aliphatic rings. The molecule has 1 aliphatic carbocycles. The highest BCUT2D eigenvalue weighted by Gasteiger charge is 2.38. The summed E-state index contributed by atoms with van der Waals surface area (Å²) in [7, 11) is 0. The van der Waals surface area contributed by atoms with Crippen molar-refractivity contribution in [2.45, 2.75) is 51.4 Å². The van der Waals surface area contributed by atoms with Crippen LogP contribution in [-0.4, -0.2) is 25.0 Å². The Kier molecular flexibility index (Phi) is 4.16. The molecule has 3 heteroatoms. The Morgan fingerprint density at radius 3 is 2.00 bits per heavy atom. The Morgan fingerprint density at radius 2 is 1.62 bits per heavy atom. The summed E-state index contributed by atoms with van der Waals surface area (Å²) in [4.78, 5) is 0. The van der Waals surface area contributed by atoms with Crippen LogP contribution in [0.1, 0.15) is 39.5 Å². The molecule has 0 saturated heterocycles. The molecule has 0 spiro atoms. The summed E-state index contributed by atoms with van der Waals surface area (Å²) in [5.41, 5.74) is 6.00. The molecule has 3 nitrogen and oxygen atoms in total. The zero-order chi connectivity index (χ0) is 9.73. The fourth-order valence-electron chi connectivity index (χ4n) is 1.95. The van der Waals surface area contributed by atoms with Gasteiger partial charge in [-0.25, -0.2) is 0 Å². The zero-order valence-corrected chi connectivity index (χ0v) is 8.71. The lowest BCUT2D eigenvalue weighted by Gasteiger charge is -2.32. The van der Waals surface area contributed by atoms with Crippen molar-refractivity contribution >= 4 is 0 Å². The van der Waals surface area contributed by atoms with Crippen molar-refractivity contribution in [3.05, 3.63) is 0 Å². The fraction of sp³-hybridized carbons (Fsp3) is 1.00. The van der Waals surface area contributed by atoms with Gasteiger partial charge in [-0.15, -0.1) is 0 Å². The molecule has 0 bridgehead atoms. The van der Waals surface area contributed by atoms with E-state index in [-0.39, 0.29) is 11.8 Å². The number of hydrogen-bond donors (Lipinski definition) is 1. The SMILES string of the molecule is CCOC(OCC)C1(N)CCCC1. The van der Waals surface area contributed by atoms with Gasteiger partial charge in [0.15, 0.2) is 6.29 Å².